The van der Waals surface area contributed by atoms with Crippen molar-refractivity contribution in [3.8, 4) is 6.07 Å². The average molecular weight is 235 g/mol. The molecule has 1 aromatic rings. The van der Waals surface area contributed by atoms with Gasteiger partial charge >= 0.3 is 0 Å². The fourth-order valence-corrected chi connectivity index (χ4v) is 1.32. The Kier molecular flexibility index (Phi) is 3.92. The monoisotopic (exact) mass is 234 g/mol. The Morgan fingerprint density at radius 1 is 1.53 bits per heavy atom. The number of nitrogens with zero attached hydrogens (tertiary/aromatic N) is 2. The van der Waals surface area contributed by atoms with Gasteiger partial charge in [0, 0.05) is 6.20 Å². The summed E-state index contributed by atoms with van der Waals surface area (Å²) in [5, 5.41) is 8.37. The van der Waals surface area contributed by atoms with Crippen molar-refractivity contribution in [3.63, 3.8) is 0 Å². The van der Waals surface area contributed by atoms with Crippen molar-refractivity contribution in [3.05, 3.63) is 28.8 Å². The molecule has 15 heavy (non-hydrogen) atoms. The summed E-state index contributed by atoms with van der Waals surface area (Å²) in [5.41, 5.74) is -1.10. The average Bonchev–Trinajstić information content (AvgIpc) is 2.18. The summed E-state index contributed by atoms with van der Waals surface area (Å²) in [4.78, 5) is 3.57. The standard InChI is InChI=1S/C9H6ClF3N2/c10-3-6-8(11)7(9(12)13)5(1-2-14)4-15-6/h4,9H,1,3H2. The third-order valence-electron chi connectivity index (χ3n) is 1.83. The molecule has 0 atom stereocenters. The molecule has 0 aliphatic rings. The van der Waals surface area contributed by atoms with E-state index >= 15 is 0 Å². The van der Waals surface area contributed by atoms with Gasteiger partial charge in [-0.25, -0.2) is 13.2 Å². The largest absolute Gasteiger partial charge is 0.267 e. The first-order valence-corrected chi connectivity index (χ1v) is 4.52. The van der Waals surface area contributed by atoms with Crippen molar-refractivity contribution in [2.75, 3.05) is 0 Å². The molecule has 0 bridgehead atoms. The summed E-state index contributed by atoms with van der Waals surface area (Å²) in [6.45, 7) is 0. The zero-order chi connectivity index (χ0) is 11.4. The summed E-state index contributed by atoms with van der Waals surface area (Å²) in [7, 11) is 0. The van der Waals surface area contributed by atoms with E-state index in [1.54, 1.807) is 6.07 Å². The highest BCUT2D eigenvalue weighted by atomic mass is 35.5. The summed E-state index contributed by atoms with van der Waals surface area (Å²) >= 11 is 5.33. The Morgan fingerprint density at radius 3 is 2.67 bits per heavy atom. The maximum Gasteiger partial charge on any atom is 0.267 e. The molecule has 1 heterocycles. The summed E-state index contributed by atoms with van der Waals surface area (Å²) in [6, 6.07) is 1.67. The van der Waals surface area contributed by atoms with Crippen LogP contribution < -0.4 is 0 Å². The number of pyridine rings is 1. The molecule has 0 saturated carbocycles. The van der Waals surface area contributed by atoms with Gasteiger partial charge in [-0.15, -0.1) is 11.6 Å². The van der Waals surface area contributed by atoms with Gasteiger partial charge in [-0.3, -0.25) is 4.98 Å². The van der Waals surface area contributed by atoms with E-state index in [0.717, 1.165) is 6.20 Å². The van der Waals surface area contributed by atoms with Crippen LogP contribution in [0.15, 0.2) is 6.20 Å². The highest BCUT2D eigenvalue weighted by Gasteiger charge is 2.21. The molecule has 6 heteroatoms. The predicted molar refractivity (Wildman–Crippen MR) is 48.0 cm³/mol. The second-order valence-corrected chi connectivity index (χ2v) is 2.99. The van der Waals surface area contributed by atoms with Crippen LogP contribution in [0.2, 0.25) is 0 Å². The van der Waals surface area contributed by atoms with E-state index in [2.05, 4.69) is 4.98 Å². The third-order valence-corrected chi connectivity index (χ3v) is 2.08. The van der Waals surface area contributed by atoms with Crippen molar-refractivity contribution in [2.24, 2.45) is 0 Å². The molecule has 0 fully saturated rings. The molecule has 80 valence electrons. The number of halogens is 4. The van der Waals surface area contributed by atoms with E-state index in [1.165, 1.54) is 0 Å². The molecule has 0 aliphatic heterocycles. The van der Waals surface area contributed by atoms with Gasteiger partial charge in [-0.05, 0) is 5.56 Å². The fourth-order valence-electron chi connectivity index (χ4n) is 1.13. The number of alkyl halides is 3. The minimum Gasteiger partial charge on any atom is -0.257 e. The molecule has 0 saturated heterocycles. The zero-order valence-corrected chi connectivity index (χ0v) is 8.23. The first-order valence-electron chi connectivity index (χ1n) is 3.99. The number of aromatic nitrogens is 1. The van der Waals surface area contributed by atoms with Gasteiger partial charge in [0.2, 0.25) is 0 Å². The predicted octanol–water partition coefficient (Wildman–Crippen LogP) is 2.96. The molecular weight excluding hydrogens is 229 g/mol. The van der Waals surface area contributed by atoms with Crippen LogP contribution in [-0.2, 0) is 12.3 Å². The highest BCUT2D eigenvalue weighted by Crippen LogP contribution is 2.27. The molecule has 0 aliphatic carbocycles. The smallest absolute Gasteiger partial charge is 0.257 e. The lowest BCUT2D eigenvalue weighted by Gasteiger charge is -2.09. The van der Waals surface area contributed by atoms with Crippen molar-refractivity contribution >= 4 is 11.6 Å². The summed E-state index contributed by atoms with van der Waals surface area (Å²) in [6.07, 6.45) is -2.21. The van der Waals surface area contributed by atoms with Gasteiger partial charge in [0.15, 0.2) is 5.82 Å². The minimum atomic E-state index is -2.97. The molecule has 2 nitrogen and oxygen atoms in total. The number of hydrogen-bond donors (Lipinski definition) is 0. The molecule has 0 aromatic carbocycles. The fraction of sp³-hybridized carbons (Fsp3) is 0.333. The van der Waals surface area contributed by atoms with Crippen LogP contribution in [0.5, 0.6) is 0 Å². The third kappa shape index (κ3) is 2.39. The van der Waals surface area contributed by atoms with Gasteiger partial charge < -0.3 is 0 Å². The van der Waals surface area contributed by atoms with Crippen LogP contribution in [-0.4, -0.2) is 4.98 Å². The lowest BCUT2D eigenvalue weighted by Crippen LogP contribution is -2.04. The second-order valence-electron chi connectivity index (χ2n) is 2.73. The first-order chi connectivity index (χ1) is 7.11. The first kappa shape index (κ1) is 11.8. The molecule has 0 radical (unpaired) electrons. The zero-order valence-electron chi connectivity index (χ0n) is 7.48. The lowest BCUT2D eigenvalue weighted by atomic mass is 10.1. The number of rotatable bonds is 3. The number of hydrogen-bond acceptors (Lipinski definition) is 2. The Hall–Kier alpha value is -1.28. The van der Waals surface area contributed by atoms with Crippen LogP contribution in [0.3, 0.4) is 0 Å². The molecular formula is C9H6ClF3N2. The van der Waals surface area contributed by atoms with Gasteiger partial charge in [0.05, 0.1) is 29.6 Å². The molecule has 0 amide bonds. The minimum absolute atomic E-state index is 0.0983. The van der Waals surface area contributed by atoms with Crippen LogP contribution in [0.25, 0.3) is 0 Å². The Morgan fingerprint density at radius 2 is 2.20 bits per heavy atom. The quantitative estimate of drug-likeness (QED) is 0.754. The van der Waals surface area contributed by atoms with E-state index in [9.17, 15) is 13.2 Å². The van der Waals surface area contributed by atoms with Crippen LogP contribution in [0, 0.1) is 17.1 Å². The van der Waals surface area contributed by atoms with Crippen LogP contribution in [0.4, 0.5) is 13.2 Å². The van der Waals surface area contributed by atoms with Crippen molar-refractivity contribution < 1.29 is 13.2 Å². The molecule has 1 rings (SSSR count). The van der Waals surface area contributed by atoms with E-state index in [4.69, 9.17) is 16.9 Å². The Balaban J connectivity index is 3.32. The van der Waals surface area contributed by atoms with Crippen LogP contribution in [0.1, 0.15) is 23.2 Å². The van der Waals surface area contributed by atoms with Crippen molar-refractivity contribution in [1.29, 1.82) is 5.26 Å². The second kappa shape index (κ2) is 4.99. The Bertz CT molecular complexity index is 401. The topological polar surface area (TPSA) is 36.7 Å². The maximum absolute atomic E-state index is 13.4. The molecule has 0 unspecified atom stereocenters. The van der Waals surface area contributed by atoms with Crippen molar-refractivity contribution in [2.45, 2.75) is 18.7 Å². The molecule has 0 spiro atoms. The molecule has 1 aromatic heterocycles. The van der Waals surface area contributed by atoms with Gasteiger partial charge in [-0.2, -0.15) is 5.26 Å². The van der Waals surface area contributed by atoms with Crippen molar-refractivity contribution in [1.82, 2.24) is 4.98 Å². The number of nitriles is 1. The van der Waals surface area contributed by atoms with Gasteiger partial charge in [-0.1, -0.05) is 0 Å². The molecule has 0 N–H and O–H groups in total. The highest BCUT2D eigenvalue weighted by molar-refractivity contribution is 6.16. The van der Waals surface area contributed by atoms with Gasteiger partial charge in [0.25, 0.3) is 6.43 Å². The normalized spacial score (nSPS) is 10.4. The van der Waals surface area contributed by atoms with E-state index in [1.807, 2.05) is 0 Å². The Labute approximate surface area is 89.3 Å². The van der Waals surface area contributed by atoms with Crippen LogP contribution >= 0.6 is 11.6 Å². The SMILES string of the molecule is N#CCc1cnc(CCl)c(F)c1C(F)F. The van der Waals surface area contributed by atoms with Gasteiger partial charge in [0.1, 0.15) is 0 Å². The summed E-state index contributed by atoms with van der Waals surface area (Å²) in [5.74, 6) is -1.40. The van der Waals surface area contributed by atoms with E-state index in [0.29, 0.717) is 0 Å². The maximum atomic E-state index is 13.4. The summed E-state index contributed by atoms with van der Waals surface area (Å²) < 4.78 is 38.4. The lowest BCUT2D eigenvalue weighted by molar-refractivity contribution is 0.145. The van der Waals surface area contributed by atoms with E-state index in [-0.39, 0.29) is 23.6 Å². The van der Waals surface area contributed by atoms with E-state index < -0.39 is 17.8 Å².